The molecule has 0 saturated heterocycles. The smallest absolute Gasteiger partial charge is 0.171 e. The molecule has 3 rings (SSSR count). The van der Waals surface area contributed by atoms with Crippen molar-refractivity contribution in [3.8, 4) is 5.69 Å². The summed E-state index contributed by atoms with van der Waals surface area (Å²) >= 11 is 5.89. The Labute approximate surface area is 142 Å². The highest BCUT2D eigenvalue weighted by Crippen LogP contribution is 2.23. The molecular formula is C15H12ClFN4O2S. The van der Waals surface area contributed by atoms with Gasteiger partial charge in [-0.25, -0.2) is 12.8 Å². The molecule has 0 amide bonds. The molecule has 3 aromatic rings. The quantitative estimate of drug-likeness (QED) is 0.693. The number of rotatable bonds is 5. The molecule has 0 unspecified atom stereocenters. The topological polar surface area (TPSA) is 77.7 Å². The van der Waals surface area contributed by atoms with Gasteiger partial charge in [0, 0.05) is 10.6 Å². The van der Waals surface area contributed by atoms with Crippen molar-refractivity contribution in [2.45, 2.75) is 11.5 Å². The van der Waals surface area contributed by atoms with E-state index in [2.05, 4.69) is 15.5 Å². The summed E-state index contributed by atoms with van der Waals surface area (Å²) in [6.07, 6.45) is 0. The van der Waals surface area contributed by atoms with E-state index in [1.54, 1.807) is 24.3 Å². The molecule has 1 aromatic heterocycles. The maximum Gasteiger partial charge on any atom is 0.171 e. The maximum atomic E-state index is 13.8. The zero-order chi connectivity index (χ0) is 17.2. The number of benzene rings is 2. The fourth-order valence-corrected chi connectivity index (χ4v) is 3.92. The van der Waals surface area contributed by atoms with Crippen LogP contribution in [0, 0.1) is 5.82 Å². The zero-order valence-corrected chi connectivity index (χ0v) is 13.9. The summed E-state index contributed by atoms with van der Waals surface area (Å²) in [5.41, 5.74) is 0.578. The zero-order valence-electron chi connectivity index (χ0n) is 12.3. The van der Waals surface area contributed by atoms with Crippen molar-refractivity contribution < 1.29 is 12.8 Å². The predicted octanol–water partition coefficient (Wildman–Crippen LogP) is 2.57. The second-order valence-corrected chi connectivity index (χ2v) is 7.55. The molecule has 6 nitrogen and oxygen atoms in total. The van der Waals surface area contributed by atoms with E-state index in [9.17, 15) is 12.8 Å². The van der Waals surface area contributed by atoms with E-state index in [0.29, 0.717) is 5.69 Å². The fourth-order valence-electron chi connectivity index (χ4n) is 2.20. The predicted molar refractivity (Wildman–Crippen MR) is 86.9 cm³/mol. The van der Waals surface area contributed by atoms with Gasteiger partial charge in [-0.1, -0.05) is 35.9 Å². The molecule has 0 aliphatic rings. The minimum Gasteiger partial charge on any atom is -0.228 e. The molecular weight excluding hydrogens is 355 g/mol. The molecule has 0 bridgehead atoms. The average Bonchev–Trinajstić information content (AvgIpc) is 2.99. The Morgan fingerprint density at radius 1 is 1.04 bits per heavy atom. The van der Waals surface area contributed by atoms with Gasteiger partial charge >= 0.3 is 0 Å². The van der Waals surface area contributed by atoms with E-state index in [4.69, 9.17) is 11.6 Å². The molecule has 2 aromatic carbocycles. The van der Waals surface area contributed by atoms with Crippen LogP contribution in [-0.4, -0.2) is 28.6 Å². The first kappa shape index (κ1) is 16.5. The molecule has 0 fully saturated rings. The molecule has 9 heteroatoms. The van der Waals surface area contributed by atoms with Crippen molar-refractivity contribution >= 4 is 21.4 Å². The van der Waals surface area contributed by atoms with Gasteiger partial charge in [-0.2, -0.15) is 4.68 Å². The van der Waals surface area contributed by atoms with Crippen molar-refractivity contribution in [1.82, 2.24) is 20.2 Å². The molecule has 124 valence electrons. The molecule has 0 saturated carbocycles. The second-order valence-electron chi connectivity index (χ2n) is 5.07. The Bertz CT molecular complexity index is 940. The van der Waals surface area contributed by atoms with Crippen LogP contribution >= 0.6 is 11.6 Å². The largest absolute Gasteiger partial charge is 0.228 e. The van der Waals surface area contributed by atoms with Crippen LogP contribution in [0.2, 0.25) is 5.02 Å². The Hall–Kier alpha value is -2.32. The van der Waals surface area contributed by atoms with E-state index in [1.165, 1.54) is 22.9 Å². The van der Waals surface area contributed by atoms with Gasteiger partial charge in [-0.3, -0.25) is 0 Å². The van der Waals surface area contributed by atoms with E-state index in [0.717, 1.165) is 0 Å². The third kappa shape index (κ3) is 3.60. The Morgan fingerprint density at radius 3 is 2.50 bits per heavy atom. The monoisotopic (exact) mass is 366 g/mol. The van der Waals surface area contributed by atoms with E-state index >= 15 is 0 Å². The highest BCUT2D eigenvalue weighted by Gasteiger charge is 2.22. The minimum atomic E-state index is -3.72. The van der Waals surface area contributed by atoms with Crippen LogP contribution in [0.25, 0.3) is 5.69 Å². The van der Waals surface area contributed by atoms with Gasteiger partial charge < -0.3 is 0 Å². The van der Waals surface area contributed by atoms with Gasteiger partial charge in [0.2, 0.25) is 0 Å². The van der Waals surface area contributed by atoms with Gasteiger partial charge in [0.15, 0.2) is 15.7 Å². The lowest BCUT2D eigenvalue weighted by molar-refractivity contribution is 0.584. The number of halogens is 2. The summed E-state index contributed by atoms with van der Waals surface area (Å²) in [5, 5.41) is 11.2. The summed E-state index contributed by atoms with van der Waals surface area (Å²) < 4.78 is 40.0. The molecule has 0 radical (unpaired) electrons. The lowest BCUT2D eigenvalue weighted by Crippen LogP contribution is -2.13. The van der Waals surface area contributed by atoms with Crippen molar-refractivity contribution in [2.75, 3.05) is 0 Å². The van der Waals surface area contributed by atoms with Crippen molar-refractivity contribution in [3.63, 3.8) is 0 Å². The number of nitrogens with zero attached hydrogens (tertiary/aromatic N) is 4. The van der Waals surface area contributed by atoms with Gasteiger partial charge in [0.1, 0.15) is 11.6 Å². The number of para-hydroxylation sites is 1. The van der Waals surface area contributed by atoms with Gasteiger partial charge in [-0.05, 0) is 34.7 Å². The first-order valence-electron chi connectivity index (χ1n) is 6.92. The second kappa shape index (κ2) is 6.66. The lowest BCUT2D eigenvalue weighted by Gasteiger charge is -2.08. The lowest BCUT2D eigenvalue weighted by atomic mass is 10.2. The van der Waals surface area contributed by atoms with Crippen LogP contribution in [0.5, 0.6) is 0 Å². The highest BCUT2D eigenvalue weighted by atomic mass is 35.5. The Balaban J connectivity index is 1.88. The van der Waals surface area contributed by atoms with Crippen LogP contribution in [0.1, 0.15) is 11.4 Å². The fraction of sp³-hybridized carbons (Fsp3) is 0.133. The molecule has 1 heterocycles. The number of aromatic nitrogens is 4. The third-order valence-electron chi connectivity index (χ3n) is 3.31. The van der Waals surface area contributed by atoms with Crippen LogP contribution < -0.4 is 0 Å². The van der Waals surface area contributed by atoms with Crippen LogP contribution in [0.4, 0.5) is 4.39 Å². The van der Waals surface area contributed by atoms with Crippen molar-refractivity contribution in [3.05, 3.63) is 70.8 Å². The average molecular weight is 367 g/mol. The third-order valence-corrected chi connectivity index (χ3v) is 5.09. The molecule has 0 spiro atoms. The summed E-state index contributed by atoms with van der Waals surface area (Å²) in [6, 6.07) is 12.9. The SMILES string of the molecule is O=S(=O)(Cc1c(F)cccc1Cl)Cc1nnnn1-c1ccccc1. The molecule has 24 heavy (non-hydrogen) atoms. The minimum absolute atomic E-state index is 0.0575. The highest BCUT2D eigenvalue weighted by molar-refractivity contribution is 7.89. The summed E-state index contributed by atoms with van der Waals surface area (Å²) in [5.74, 6) is -1.47. The van der Waals surface area contributed by atoms with Gasteiger partial charge in [-0.15, -0.1) is 5.10 Å². The first-order valence-corrected chi connectivity index (χ1v) is 9.12. The van der Waals surface area contributed by atoms with E-state index in [-0.39, 0.29) is 16.4 Å². The first-order chi connectivity index (χ1) is 11.5. The summed E-state index contributed by atoms with van der Waals surface area (Å²) in [7, 11) is -3.72. The van der Waals surface area contributed by atoms with E-state index in [1.807, 2.05) is 6.07 Å². The summed E-state index contributed by atoms with van der Waals surface area (Å²) in [4.78, 5) is 0. The van der Waals surface area contributed by atoms with Gasteiger partial charge in [0.25, 0.3) is 0 Å². The number of hydrogen-bond acceptors (Lipinski definition) is 5. The number of hydrogen-bond donors (Lipinski definition) is 0. The van der Waals surface area contributed by atoms with E-state index < -0.39 is 27.2 Å². The molecule has 0 aliphatic carbocycles. The van der Waals surface area contributed by atoms with Crippen molar-refractivity contribution in [1.29, 1.82) is 0 Å². The Kier molecular flexibility index (Phi) is 4.59. The van der Waals surface area contributed by atoms with Crippen molar-refractivity contribution in [2.24, 2.45) is 0 Å². The molecule has 0 aliphatic heterocycles. The molecule has 0 atom stereocenters. The normalized spacial score (nSPS) is 11.6. The molecule has 0 N–H and O–H groups in total. The number of sulfone groups is 1. The van der Waals surface area contributed by atoms with Gasteiger partial charge in [0.05, 0.1) is 11.4 Å². The summed E-state index contributed by atoms with van der Waals surface area (Å²) in [6.45, 7) is 0. The maximum absolute atomic E-state index is 13.8. The van der Waals surface area contributed by atoms with Crippen LogP contribution in [-0.2, 0) is 21.3 Å². The van der Waals surface area contributed by atoms with Crippen LogP contribution in [0.3, 0.4) is 0 Å². The Morgan fingerprint density at radius 2 is 1.79 bits per heavy atom. The number of tetrazole rings is 1. The van der Waals surface area contributed by atoms with Crippen LogP contribution in [0.15, 0.2) is 48.5 Å². The standard InChI is InChI=1S/C15H12ClFN4O2S/c16-13-7-4-8-14(17)12(13)9-24(22,23)10-15-18-19-20-21(15)11-5-2-1-3-6-11/h1-8H,9-10H2.